The fraction of sp³-hybridized carbons (Fsp3) is 0.200. The van der Waals surface area contributed by atoms with Crippen molar-refractivity contribution in [1.29, 1.82) is 0 Å². The smallest absolute Gasteiger partial charge is 0.422 e. The Morgan fingerprint density at radius 2 is 1.83 bits per heavy atom. The quantitative estimate of drug-likeness (QED) is 0.593. The molecule has 23 heavy (non-hydrogen) atoms. The fourth-order valence-corrected chi connectivity index (χ4v) is 1.78. The number of rotatable bonds is 5. The molecule has 0 spiro atoms. The molecule has 0 saturated heterocycles. The van der Waals surface area contributed by atoms with E-state index < -0.39 is 17.7 Å². The van der Waals surface area contributed by atoms with Crippen molar-refractivity contribution in [3.63, 3.8) is 0 Å². The fourth-order valence-electron chi connectivity index (χ4n) is 1.78. The van der Waals surface area contributed by atoms with Crippen molar-refractivity contribution < 1.29 is 27.6 Å². The van der Waals surface area contributed by atoms with Crippen LogP contribution in [0.1, 0.15) is 5.56 Å². The van der Waals surface area contributed by atoms with E-state index in [1.807, 2.05) is 0 Å². The van der Waals surface area contributed by atoms with Gasteiger partial charge in [-0.3, -0.25) is 10.1 Å². The zero-order valence-electron chi connectivity index (χ0n) is 12.0. The highest BCUT2D eigenvalue weighted by atomic mass is 19.4. The van der Waals surface area contributed by atoms with Gasteiger partial charge in [-0.25, -0.2) is 0 Å². The molecule has 0 aliphatic rings. The Bertz CT molecular complexity index is 716. The Morgan fingerprint density at radius 1 is 1.13 bits per heavy atom. The molecule has 0 radical (unpaired) electrons. The monoisotopic (exact) mass is 327 g/mol. The Morgan fingerprint density at radius 3 is 2.43 bits per heavy atom. The molecule has 5 nitrogen and oxygen atoms in total. The lowest BCUT2D eigenvalue weighted by Gasteiger charge is -2.12. The van der Waals surface area contributed by atoms with Crippen LogP contribution in [0.3, 0.4) is 0 Å². The van der Waals surface area contributed by atoms with E-state index in [9.17, 15) is 23.3 Å². The van der Waals surface area contributed by atoms with E-state index in [4.69, 9.17) is 4.74 Å². The van der Waals surface area contributed by atoms with E-state index in [2.05, 4.69) is 4.74 Å². The van der Waals surface area contributed by atoms with Gasteiger partial charge in [-0.2, -0.15) is 13.2 Å². The molecule has 0 N–H and O–H groups in total. The minimum Gasteiger partial charge on any atom is -0.484 e. The predicted molar refractivity (Wildman–Crippen MR) is 75.9 cm³/mol. The Kier molecular flexibility index (Phi) is 4.73. The van der Waals surface area contributed by atoms with E-state index in [1.54, 1.807) is 13.0 Å². The molecule has 0 bridgehead atoms. The number of non-ortho nitro benzene ring substituents is 1. The molecule has 122 valence electrons. The van der Waals surface area contributed by atoms with Gasteiger partial charge in [0.2, 0.25) is 0 Å². The Labute approximate surface area is 129 Å². The topological polar surface area (TPSA) is 61.6 Å². The molecule has 8 heteroatoms. The van der Waals surface area contributed by atoms with E-state index >= 15 is 0 Å². The summed E-state index contributed by atoms with van der Waals surface area (Å²) in [4.78, 5) is 10.2. The molecule has 2 aromatic carbocycles. The van der Waals surface area contributed by atoms with Gasteiger partial charge in [0.25, 0.3) is 5.69 Å². The van der Waals surface area contributed by atoms with Gasteiger partial charge >= 0.3 is 6.18 Å². The highest BCUT2D eigenvalue weighted by molar-refractivity contribution is 5.45. The van der Waals surface area contributed by atoms with Gasteiger partial charge in [0.1, 0.15) is 17.2 Å². The van der Waals surface area contributed by atoms with E-state index in [0.29, 0.717) is 11.3 Å². The summed E-state index contributed by atoms with van der Waals surface area (Å²) in [6, 6.07) is 9.78. The molecule has 0 amide bonds. The van der Waals surface area contributed by atoms with Crippen molar-refractivity contribution in [2.75, 3.05) is 6.61 Å². The highest BCUT2D eigenvalue weighted by Gasteiger charge is 2.28. The average molecular weight is 327 g/mol. The number of nitro benzene ring substituents is 1. The zero-order valence-corrected chi connectivity index (χ0v) is 12.0. The number of benzene rings is 2. The number of hydrogen-bond acceptors (Lipinski definition) is 4. The third-order valence-corrected chi connectivity index (χ3v) is 2.81. The first-order valence-corrected chi connectivity index (χ1v) is 6.47. The molecule has 0 heterocycles. The van der Waals surface area contributed by atoms with Gasteiger partial charge in [-0.1, -0.05) is 6.07 Å². The molecular formula is C15H12F3NO4. The first kappa shape index (κ1) is 16.6. The molecule has 2 rings (SSSR count). The first-order valence-electron chi connectivity index (χ1n) is 6.47. The highest BCUT2D eigenvalue weighted by Crippen LogP contribution is 2.30. The number of nitrogens with zero attached hydrogens (tertiary/aromatic N) is 1. The molecule has 2 aromatic rings. The van der Waals surface area contributed by atoms with Gasteiger partial charge in [0, 0.05) is 18.2 Å². The van der Waals surface area contributed by atoms with Crippen LogP contribution >= 0.6 is 0 Å². The van der Waals surface area contributed by atoms with E-state index in [1.165, 1.54) is 36.4 Å². The van der Waals surface area contributed by atoms with Crippen molar-refractivity contribution in [1.82, 2.24) is 0 Å². The second-order valence-electron chi connectivity index (χ2n) is 4.69. The standard InChI is InChI=1S/C15H12F3NO4/c1-10-7-11(19(20)21)5-6-14(10)23-13-4-2-3-12(8-13)22-9-15(16,17)18/h2-8H,9H2,1H3. The molecule has 0 aliphatic heterocycles. The van der Waals surface area contributed by atoms with Crippen LogP contribution in [0.5, 0.6) is 17.2 Å². The van der Waals surface area contributed by atoms with Crippen molar-refractivity contribution in [3.05, 3.63) is 58.1 Å². The third-order valence-electron chi connectivity index (χ3n) is 2.81. The Hall–Kier alpha value is -2.77. The second-order valence-corrected chi connectivity index (χ2v) is 4.69. The van der Waals surface area contributed by atoms with Gasteiger partial charge in [0.05, 0.1) is 4.92 Å². The number of aryl methyl sites for hydroxylation is 1. The van der Waals surface area contributed by atoms with Crippen LogP contribution in [0.2, 0.25) is 0 Å². The molecule has 0 aromatic heterocycles. The number of ether oxygens (including phenoxy) is 2. The predicted octanol–water partition coefficient (Wildman–Crippen LogP) is 4.64. The number of nitro groups is 1. The molecule has 0 fully saturated rings. The zero-order chi connectivity index (χ0) is 17.0. The number of hydrogen-bond donors (Lipinski definition) is 0. The largest absolute Gasteiger partial charge is 0.484 e. The van der Waals surface area contributed by atoms with Gasteiger partial charge in [-0.15, -0.1) is 0 Å². The molecule has 0 atom stereocenters. The van der Waals surface area contributed by atoms with Crippen molar-refractivity contribution >= 4 is 5.69 Å². The summed E-state index contributed by atoms with van der Waals surface area (Å²) in [5.74, 6) is 0.643. The summed E-state index contributed by atoms with van der Waals surface area (Å²) in [5, 5.41) is 10.7. The lowest BCUT2D eigenvalue weighted by molar-refractivity contribution is -0.384. The maximum atomic E-state index is 12.1. The van der Waals surface area contributed by atoms with Crippen LogP contribution in [0.25, 0.3) is 0 Å². The van der Waals surface area contributed by atoms with Crippen molar-refractivity contribution in [2.45, 2.75) is 13.1 Å². The Balaban J connectivity index is 2.13. The first-order chi connectivity index (χ1) is 10.7. The molecular weight excluding hydrogens is 315 g/mol. The third kappa shape index (κ3) is 4.87. The van der Waals surface area contributed by atoms with Crippen LogP contribution in [0.15, 0.2) is 42.5 Å². The normalized spacial score (nSPS) is 11.1. The van der Waals surface area contributed by atoms with Crippen molar-refractivity contribution in [3.8, 4) is 17.2 Å². The van der Waals surface area contributed by atoms with Gasteiger partial charge in [0.15, 0.2) is 6.61 Å². The van der Waals surface area contributed by atoms with E-state index in [0.717, 1.165) is 0 Å². The van der Waals surface area contributed by atoms with Crippen molar-refractivity contribution in [2.24, 2.45) is 0 Å². The summed E-state index contributed by atoms with van der Waals surface area (Å²) in [6.07, 6.45) is -4.42. The molecule has 0 unspecified atom stereocenters. The maximum Gasteiger partial charge on any atom is 0.422 e. The molecule has 0 aliphatic carbocycles. The van der Waals surface area contributed by atoms with E-state index in [-0.39, 0.29) is 17.2 Å². The average Bonchev–Trinajstić information content (AvgIpc) is 2.47. The van der Waals surface area contributed by atoms with Crippen LogP contribution in [-0.2, 0) is 0 Å². The summed E-state index contributed by atoms with van der Waals surface area (Å²) >= 11 is 0. The second kappa shape index (κ2) is 6.55. The summed E-state index contributed by atoms with van der Waals surface area (Å²) in [6.45, 7) is 0.235. The maximum absolute atomic E-state index is 12.1. The SMILES string of the molecule is Cc1cc([N+](=O)[O-])ccc1Oc1cccc(OCC(F)(F)F)c1. The van der Waals surface area contributed by atoms with Gasteiger partial charge in [-0.05, 0) is 30.7 Å². The van der Waals surface area contributed by atoms with Gasteiger partial charge < -0.3 is 9.47 Å². The number of halogens is 3. The van der Waals surface area contributed by atoms with Crippen LogP contribution < -0.4 is 9.47 Å². The van der Waals surface area contributed by atoms with Crippen LogP contribution in [0, 0.1) is 17.0 Å². The van der Waals surface area contributed by atoms with Crippen LogP contribution in [0.4, 0.5) is 18.9 Å². The summed E-state index contributed by atoms with van der Waals surface area (Å²) in [7, 11) is 0. The van der Waals surface area contributed by atoms with Crippen LogP contribution in [-0.4, -0.2) is 17.7 Å². The lowest BCUT2D eigenvalue weighted by atomic mass is 10.2. The molecule has 0 saturated carbocycles. The minimum absolute atomic E-state index is 0.0133. The lowest BCUT2D eigenvalue weighted by Crippen LogP contribution is -2.19. The summed E-state index contributed by atoms with van der Waals surface area (Å²) < 4.78 is 46.6. The summed E-state index contributed by atoms with van der Waals surface area (Å²) in [5.41, 5.74) is 0.456. The minimum atomic E-state index is -4.42. The number of alkyl halides is 3.